The fourth-order valence-corrected chi connectivity index (χ4v) is 3.57. The number of hydrogen-bond donors (Lipinski definition) is 1. The number of carbonyl (C=O) groups excluding carboxylic acids is 1. The van der Waals surface area contributed by atoms with Crippen molar-refractivity contribution < 1.29 is 14.3 Å². The van der Waals surface area contributed by atoms with E-state index in [1.807, 2.05) is 49.5 Å². The summed E-state index contributed by atoms with van der Waals surface area (Å²) < 4.78 is 13.1. The normalized spacial score (nSPS) is 13.9. The second kappa shape index (κ2) is 7.54. The van der Waals surface area contributed by atoms with Crippen LogP contribution in [0, 0.1) is 12.8 Å². The molecule has 3 heterocycles. The molecule has 0 saturated heterocycles. The number of hydrogen-bond acceptors (Lipinski definition) is 4. The van der Waals surface area contributed by atoms with Crippen molar-refractivity contribution in [2.45, 2.75) is 33.1 Å². The van der Waals surface area contributed by atoms with Gasteiger partial charge in [-0.15, -0.1) is 0 Å². The number of ether oxygens (including phenoxy) is 2. The Morgan fingerprint density at radius 3 is 2.86 bits per heavy atom. The van der Waals surface area contributed by atoms with Crippen LogP contribution in [0.1, 0.15) is 43.1 Å². The van der Waals surface area contributed by atoms with E-state index in [1.54, 1.807) is 0 Å². The Balaban J connectivity index is 1.74. The summed E-state index contributed by atoms with van der Waals surface area (Å²) in [4.78, 5) is 17.2. The summed E-state index contributed by atoms with van der Waals surface area (Å²) in [5, 5.41) is 3.03. The van der Waals surface area contributed by atoms with Gasteiger partial charge in [0, 0.05) is 30.8 Å². The van der Waals surface area contributed by atoms with E-state index < -0.39 is 0 Å². The van der Waals surface area contributed by atoms with E-state index in [4.69, 9.17) is 9.47 Å². The first-order valence-corrected chi connectivity index (χ1v) is 9.62. The van der Waals surface area contributed by atoms with Gasteiger partial charge >= 0.3 is 0 Å². The predicted octanol–water partition coefficient (Wildman–Crippen LogP) is 3.67. The molecule has 146 valence electrons. The second-order valence-corrected chi connectivity index (χ2v) is 7.61. The Bertz CT molecular complexity index is 1010. The lowest BCUT2D eigenvalue weighted by Crippen LogP contribution is -2.29. The van der Waals surface area contributed by atoms with Crippen LogP contribution in [0.2, 0.25) is 0 Å². The van der Waals surface area contributed by atoms with E-state index in [2.05, 4.69) is 28.5 Å². The van der Waals surface area contributed by atoms with E-state index >= 15 is 0 Å². The molecular formula is C22H25N3O3. The number of benzene rings is 1. The van der Waals surface area contributed by atoms with Gasteiger partial charge in [0.1, 0.15) is 5.65 Å². The number of pyridine rings is 1. The molecule has 6 nitrogen and oxygen atoms in total. The molecule has 1 aromatic carbocycles. The van der Waals surface area contributed by atoms with Crippen molar-refractivity contribution in [1.29, 1.82) is 0 Å². The van der Waals surface area contributed by atoms with Crippen molar-refractivity contribution in [1.82, 2.24) is 14.7 Å². The van der Waals surface area contributed by atoms with Crippen LogP contribution in [0.3, 0.4) is 0 Å². The Labute approximate surface area is 164 Å². The Hall–Kier alpha value is -3.02. The van der Waals surface area contributed by atoms with Gasteiger partial charge in [-0.1, -0.05) is 26.0 Å². The van der Waals surface area contributed by atoms with Crippen LogP contribution in [0.5, 0.6) is 11.5 Å². The van der Waals surface area contributed by atoms with Gasteiger partial charge in [0.15, 0.2) is 11.5 Å². The quantitative estimate of drug-likeness (QED) is 0.710. The molecule has 0 saturated carbocycles. The van der Waals surface area contributed by atoms with Crippen LogP contribution in [0.25, 0.3) is 5.65 Å². The van der Waals surface area contributed by atoms with Crippen molar-refractivity contribution in [3.05, 3.63) is 59.5 Å². The summed E-state index contributed by atoms with van der Waals surface area (Å²) in [7, 11) is 0. The van der Waals surface area contributed by atoms with Crippen LogP contribution in [-0.4, -0.2) is 28.6 Å². The number of aryl methyl sites for hydroxylation is 1. The van der Waals surface area contributed by atoms with Gasteiger partial charge in [-0.25, -0.2) is 4.98 Å². The van der Waals surface area contributed by atoms with Gasteiger partial charge in [0.2, 0.25) is 12.7 Å². The summed E-state index contributed by atoms with van der Waals surface area (Å²) in [5.41, 5.74) is 3.96. The SMILES string of the molecule is Cc1cccc2ncc(C(CC(=O)NCC(C)C)c3ccc4c(c3)OCO4)n12. The summed E-state index contributed by atoms with van der Waals surface area (Å²) in [6, 6.07) is 11.9. The summed E-state index contributed by atoms with van der Waals surface area (Å²) in [6.07, 6.45) is 2.21. The molecule has 0 radical (unpaired) electrons. The number of rotatable bonds is 6. The molecule has 4 rings (SSSR count). The number of aromatic nitrogens is 2. The molecule has 0 fully saturated rings. The first-order chi connectivity index (χ1) is 13.5. The summed E-state index contributed by atoms with van der Waals surface area (Å²) in [6.45, 7) is 7.12. The van der Waals surface area contributed by atoms with Gasteiger partial charge in [-0.3, -0.25) is 4.79 Å². The van der Waals surface area contributed by atoms with Gasteiger partial charge in [0.25, 0.3) is 0 Å². The zero-order chi connectivity index (χ0) is 19.7. The van der Waals surface area contributed by atoms with E-state index in [9.17, 15) is 4.79 Å². The maximum absolute atomic E-state index is 12.7. The monoisotopic (exact) mass is 379 g/mol. The molecule has 1 aliphatic heterocycles. The minimum absolute atomic E-state index is 0.0277. The number of fused-ring (bicyclic) bond motifs is 2. The molecular weight excluding hydrogens is 354 g/mol. The number of nitrogens with zero attached hydrogens (tertiary/aromatic N) is 2. The van der Waals surface area contributed by atoms with E-state index in [1.165, 1.54) is 0 Å². The Morgan fingerprint density at radius 2 is 2.04 bits per heavy atom. The van der Waals surface area contributed by atoms with Gasteiger partial charge in [0.05, 0.1) is 5.69 Å². The highest BCUT2D eigenvalue weighted by Gasteiger charge is 2.25. The minimum atomic E-state index is -0.141. The summed E-state index contributed by atoms with van der Waals surface area (Å²) in [5.74, 6) is 1.75. The lowest BCUT2D eigenvalue weighted by atomic mass is 9.91. The number of imidazole rings is 1. The maximum Gasteiger partial charge on any atom is 0.231 e. The lowest BCUT2D eigenvalue weighted by Gasteiger charge is -2.19. The van der Waals surface area contributed by atoms with Gasteiger partial charge in [-0.05, 0) is 42.7 Å². The number of amides is 1. The standard InChI is InChI=1S/C22H25N3O3/c1-14(2)11-24-22(26)10-17(16-7-8-19-20(9-16)28-13-27-19)18-12-23-21-6-4-5-15(3)25(18)21/h4-9,12,14,17H,10-11,13H2,1-3H3,(H,24,26). The van der Waals surface area contributed by atoms with Crippen LogP contribution in [0.15, 0.2) is 42.6 Å². The zero-order valence-corrected chi connectivity index (χ0v) is 16.4. The van der Waals surface area contributed by atoms with Crippen molar-refractivity contribution in [2.24, 2.45) is 5.92 Å². The molecule has 1 amide bonds. The van der Waals surface area contributed by atoms with Gasteiger partial charge < -0.3 is 19.2 Å². The molecule has 2 aromatic heterocycles. The smallest absolute Gasteiger partial charge is 0.231 e. The minimum Gasteiger partial charge on any atom is -0.454 e. The Kier molecular flexibility index (Phi) is 4.94. The van der Waals surface area contributed by atoms with Crippen LogP contribution < -0.4 is 14.8 Å². The van der Waals surface area contributed by atoms with Crippen LogP contribution in [0.4, 0.5) is 0 Å². The first-order valence-electron chi connectivity index (χ1n) is 9.62. The average molecular weight is 379 g/mol. The topological polar surface area (TPSA) is 64.9 Å². The third-order valence-corrected chi connectivity index (χ3v) is 5.00. The van der Waals surface area contributed by atoms with E-state index in [-0.39, 0.29) is 18.6 Å². The molecule has 1 atom stereocenters. The fourth-order valence-electron chi connectivity index (χ4n) is 3.57. The molecule has 6 heteroatoms. The first kappa shape index (κ1) is 18.3. The average Bonchev–Trinajstić information content (AvgIpc) is 3.31. The number of nitrogens with one attached hydrogen (secondary N) is 1. The van der Waals surface area contributed by atoms with E-state index in [0.29, 0.717) is 18.9 Å². The molecule has 0 aliphatic carbocycles. The highest BCUT2D eigenvalue weighted by Crippen LogP contribution is 2.38. The van der Waals surface area contributed by atoms with Crippen LogP contribution in [-0.2, 0) is 4.79 Å². The van der Waals surface area contributed by atoms with Crippen molar-refractivity contribution in [3.8, 4) is 11.5 Å². The van der Waals surface area contributed by atoms with Crippen molar-refractivity contribution in [3.63, 3.8) is 0 Å². The molecule has 3 aromatic rings. The van der Waals surface area contributed by atoms with Crippen molar-refractivity contribution in [2.75, 3.05) is 13.3 Å². The molecule has 1 unspecified atom stereocenters. The maximum atomic E-state index is 12.7. The highest BCUT2D eigenvalue weighted by atomic mass is 16.7. The molecule has 28 heavy (non-hydrogen) atoms. The highest BCUT2D eigenvalue weighted by molar-refractivity contribution is 5.77. The molecule has 1 N–H and O–H groups in total. The third-order valence-electron chi connectivity index (χ3n) is 5.00. The largest absolute Gasteiger partial charge is 0.454 e. The third kappa shape index (κ3) is 3.54. The predicted molar refractivity (Wildman–Crippen MR) is 107 cm³/mol. The van der Waals surface area contributed by atoms with Gasteiger partial charge in [-0.2, -0.15) is 0 Å². The molecule has 0 spiro atoms. The molecule has 1 aliphatic rings. The second-order valence-electron chi connectivity index (χ2n) is 7.61. The van der Waals surface area contributed by atoms with Crippen molar-refractivity contribution >= 4 is 11.6 Å². The van der Waals surface area contributed by atoms with E-state index in [0.717, 1.165) is 34.1 Å². The summed E-state index contributed by atoms with van der Waals surface area (Å²) >= 11 is 0. The fraction of sp³-hybridized carbons (Fsp3) is 0.364. The van der Waals surface area contributed by atoms with Crippen LogP contribution >= 0.6 is 0 Å². The Morgan fingerprint density at radius 1 is 1.21 bits per heavy atom. The molecule has 0 bridgehead atoms. The zero-order valence-electron chi connectivity index (χ0n) is 16.4. The lowest BCUT2D eigenvalue weighted by molar-refractivity contribution is -0.121. The number of carbonyl (C=O) groups is 1.